The molecule has 3 rings (SSSR count). The van der Waals surface area contributed by atoms with Crippen molar-refractivity contribution >= 4 is 0 Å². The van der Waals surface area contributed by atoms with E-state index in [0.29, 0.717) is 17.9 Å². The molecule has 0 atom stereocenters. The summed E-state index contributed by atoms with van der Waals surface area (Å²) >= 11 is 0. The molecule has 0 nitrogen and oxygen atoms in total. The number of benzene rings is 1. The van der Waals surface area contributed by atoms with Crippen LogP contribution in [0.3, 0.4) is 0 Å². The van der Waals surface area contributed by atoms with Gasteiger partial charge in [0.05, 0.1) is 0 Å². The number of rotatable bonds is 7. The number of hydrogen-bond acceptors (Lipinski definition) is 0. The number of allylic oxidation sites excluding steroid dienone is 2. The van der Waals surface area contributed by atoms with Crippen molar-refractivity contribution in [3.05, 3.63) is 47.0 Å². The van der Waals surface area contributed by atoms with Crippen molar-refractivity contribution in [3.63, 3.8) is 0 Å². The molecule has 0 N–H and O–H groups in total. The zero-order valence-electron chi connectivity index (χ0n) is 18.5. The molecule has 0 radical (unpaired) electrons. The Balaban J connectivity index is 1.41. The first-order valence-corrected chi connectivity index (χ1v) is 11.9. The van der Waals surface area contributed by atoms with Gasteiger partial charge in [-0.25, -0.2) is 8.78 Å². The third-order valence-electron chi connectivity index (χ3n) is 7.65. The summed E-state index contributed by atoms with van der Waals surface area (Å²) in [7, 11) is 0. The molecule has 2 fully saturated rings. The first kappa shape index (κ1) is 24.3. The molecule has 0 aromatic heterocycles. The van der Waals surface area contributed by atoms with Gasteiger partial charge in [-0.1, -0.05) is 37.8 Å². The fraction of sp³-hybridized carbons (Fsp3) is 0.692. The lowest BCUT2D eigenvalue weighted by Crippen LogP contribution is -2.26. The molecule has 0 unspecified atom stereocenters. The molecule has 0 spiro atoms. The molecule has 1 aromatic carbocycles. The third kappa shape index (κ3) is 6.79. The van der Waals surface area contributed by atoms with Crippen LogP contribution < -0.4 is 0 Å². The minimum Gasteiger partial charge on any atom is -0.206 e. The van der Waals surface area contributed by atoms with E-state index in [0.717, 1.165) is 49.1 Å². The van der Waals surface area contributed by atoms with Crippen LogP contribution in [0.1, 0.15) is 88.7 Å². The maximum Gasteiger partial charge on any atom is 0.422 e. The largest absolute Gasteiger partial charge is 0.422 e. The summed E-state index contributed by atoms with van der Waals surface area (Å²) in [5.74, 6) is 0.0147. The van der Waals surface area contributed by atoms with Gasteiger partial charge in [-0.3, -0.25) is 0 Å². The van der Waals surface area contributed by atoms with Crippen molar-refractivity contribution in [2.45, 2.75) is 90.1 Å². The monoisotopic (exact) mass is 442 g/mol. The van der Waals surface area contributed by atoms with E-state index in [1.54, 1.807) is 0 Å². The maximum atomic E-state index is 13.8. The fourth-order valence-electron chi connectivity index (χ4n) is 5.81. The van der Waals surface area contributed by atoms with Gasteiger partial charge in [0.1, 0.15) is 17.2 Å². The molecule has 1 aromatic rings. The lowest BCUT2D eigenvalue weighted by molar-refractivity contribution is -0.142. The third-order valence-corrected chi connectivity index (χ3v) is 7.65. The summed E-state index contributed by atoms with van der Waals surface area (Å²) < 4.78 is 65.7. The summed E-state index contributed by atoms with van der Waals surface area (Å²) in [4.78, 5) is 0. The van der Waals surface area contributed by atoms with Gasteiger partial charge in [0, 0.05) is 0 Å². The summed E-state index contributed by atoms with van der Waals surface area (Å²) in [6.45, 7) is 2.08. The predicted molar refractivity (Wildman–Crippen MR) is 115 cm³/mol. The van der Waals surface area contributed by atoms with E-state index < -0.39 is 23.4 Å². The second kappa shape index (κ2) is 11.0. The summed E-state index contributed by atoms with van der Waals surface area (Å²) in [5.41, 5.74) is -1.46. The molecule has 2 aliphatic carbocycles. The normalized spacial score (nSPS) is 27.7. The van der Waals surface area contributed by atoms with Gasteiger partial charge in [0.25, 0.3) is 0 Å². The van der Waals surface area contributed by atoms with Crippen molar-refractivity contribution in [2.75, 3.05) is 0 Å². The molecule has 0 aliphatic heterocycles. The lowest BCUT2D eigenvalue weighted by atomic mass is 9.68. The Kier molecular flexibility index (Phi) is 8.58. The highest BCUT2D eigenvalue weighted by Gasteiger charge is 2.38. The first-order chi connectivity index (χ1) is 14.8. The fourth-order valence-corrected chi connectivity index (χ4v) is 5.81. The average molecular weight is 443 g/mol. The SMILES string of the molecule is C/C=C/CC[C@H]1CC[C@H]([C@H]2CC[C@H](CCc3cc(F)c(C(F)(F)F)c(F)c3)CC2)CC1. The van der Waals surface area contributed by atoms with Gasteiger partial charge < -0.3 is 0 Å². The van der Waals surface area contributed by atoms with Gasteiger partial charge in [-0.2, -0.15) is 13.2 Å². The Labute approximate surface area is 183 Å². The van der Waals surface area contributed by atoms with E-state index in [-0.39, 0.29) is 0 Å². The first-order valence-electron chi connectivity index (χ1n) is 11.9. The van der Waals surface area contributed by atoms with E-state index >= 15 is 0 Å². The molecular formula is C26H35F5. The average Bonchev–Trinajstić information content (AvgIpc) is 2.72. The Hall–Kier alpha value is -1.39. The molecule has 5 heteroatoms. The molecular weight excluding hydrogens is 407 g/mol. The van der Waals surface area contributed by atoms with Crippen molar-refractivity contribution in [1.29, 1.82) is 0 Å². The smallest absolute Gasteiger partial charge is 0.206 e. The second-order valence-electron chi connectivity index (χ2n) is 9.68. The molecule has 0 bridgehead atoms. The van der Waals surface area contributed by atoms with Crippen molar-refractivity contribution in [3.8, 4) is 0 Å². The van der Waals surface area contributed by atoms with Crippen LogP contribution >= 0.6 is 0 Å². The molecule has 2 aliphatic rings. The number of halogens is 5. The summed E-state index contributed by atoms with van der Waals surface area (Å²) in [6.07, 6.45) is 13.2. The van der Waals surface area contributed by atoms with E-state index in [2.05, 4.69) is 19.1 Å². The Morgan fingerprint density at radius 3 is 1.74 bits per heavy atom. The highest BCUT2D eigenvalue weighted by molar-refractivity contribution is 5.28. The van der Waals surface area contributed by atoms with E-state index in [1.807, 2.05) is 0 Å². The van der Waals surface area contributed by atoms with E-state index in [9.17, 15) is 22.0 Å². The maximum absolute atomic E-state index is 13.8. The van der Waals surface area contributed by atoms with Crippen LogP contribution in [0, 0.1) is 35.3 Å². The van der Waals surface area contributed by atoms with Gasteiger partial charge in [-0.05, 0) is 99.7 Å². The molecule has 31 heavy (non-hydrogen) atoms. The Morgan fingerprint density at radius 1 is 0.806 bits per heavy atom. The van der Waals surface area contributed by atoms with Crippen LogP contribution in [0.15, 0.2) is 24.3 Å². The minimum atomic E-state index is -5.00. The zero-order valence-corrected chi connectivity index (χ0v) is 18.5. The van der Waals surface area contributed by atoms with Crippen LogP contribution in [-0.2, 0) is 12.6 Å². The molecule has 0 saturated heterocycles. The minimum absolute atomic E-state index is 0.321. The number of aryl methyl sites for hydroxylation is 1. The van der Waals surface area contributed by atoms with Gasteiger partial charge in [-0.15, -0.1) is 0 Å². The molecule has 0 heterocycles. The van der Waals surface area contributed by atoms with Gasteiger partial charge in [0.15, 0.2) is 0 Å². The van der Waals surface area contributed by atoms with Crippen LogP contribution in [0.5, 0.6) is 0 Å². The highest BCUT2D eigenvalue weighted by atomic mass is 19.4. The topological polar surface area (TPSA) is 0 Å². The van der Waals surface area contributed by atoms with Crippen molar-refractivity contribution < 1.29 is 22.0 Å². The van der Waals surface area contributed by atoms with Crippen LogP contribution in [0.4, 0.5) is 22.0 Å². The lowest BCUT2D eigenvalue weighted by Gasteiger charge is -2.38. The summed E-state index contributed by atoms with van der Waals surface area (Å²) in [5, 5.41) is 0. The zero-order chi connectivity index (χ0) is 22.4. The van der Waals surface area contributed by atoms with Crippen LogP contribution in [-0.4, -0.2) is 0 Å². The van der Waals surface area contributed by atoms with Crippen LogP contribution in [0.2, 0.25) is 0 Å². The Morgan fingerprint density at radius 2 is 1.29 bits per heavy atom. The number of alkyl halides is 3. The predicted octanol–water partition coefficient (Wildman–Crippen LogP) is 8.89. The van der Waals surface area contributed by atoms with Gasteiger partial charge in [0.2, 0.25) is 0 Å². The van der Waals surface area contributed by atoms with Gasteiger partial charge >= 0.3 is 6.18 Å². The molecule has 0 amide bonds. The molecule has 174 valence electrons. The van der Waals surface area contributed by atoms with E-state index in [1.165, 1.54) is 51.4 Å². The summed E-state index contributed by atoms with van der Waals surface area (Å²) in [6, 6.07) is 1.71. The number of hydrogen-bond donors (Lipinski definition) is 0. The standard InChI is InChI=1S/C26H35F5/c1-2-3-4-5-18-8-12-21(13-9-18)22-14-10-19(11-15-22)6-7-20-16-23(27)25(24(28)17-20)26(29,30)31/h2-3,16-19,21-22H,4-15H2,1H3/b3-2+/t18-,19-,21-,22-. The second-order valence-corrected chi connectivity index (χ2v) is 9.68. The van der Waals surface area contributed by atoms with Crippen molar-refractivity contribution in [2.24, 2.45) is 23.7 Å². The Bertz CT molecular complexity index is 697. The van der Waals surface area contributed by atoms with E-state index in [4.69, 9.17) is 0 Å². The van der Waals surface area contributed by atoms with Crippen molar-refractivity contribution in [1.82, 2.24) is 0 Å². The van der Waals surface area contributed by atoms with Crippen LogP contribution in [0.25, 0.3) is 0 Å². The molecule has 2 saturated carbocycles. The highest BCUT2D eigenvalue weighted by Crippen LogP contribution is 2.43. The quantitative estimate of drug-likeness (QED) is 0.292.